The van der Waals surface area contributed by atoms with Crippen molar-refractivity contribution in [2.24, 2.45) is 11.7 Å². The van der Waals surface area contributed by atoms with Gasteiger partial charge in [-0.2, -0.15) is 0 Å². The van der Waals surface area contributed by atoms with Crippen LogP contribution in [-0.2, 0) is 19.2 Å². The Morgan fingerprint density at radius 2 is 1.88 bits per heavy atom. The van der Waals surface area contributed by atoms with Crippen molar-refractivity contribution >= 4 is 23.8 Å². The predicted molar refractivity (Wildman–Crippen MR) is 88.6 cm³/mol. The third-order valence-electron chi connectivity index (χ3n) is 4.15. The molecule has 2 amide bonds. The number of likely N-dealkylation sites (tertiary alicyclic amines) is 1. The molecule has 142 valence electrons. The molecule has 1 saturated heterocycles. The number of carboxylic acids is 2. The molecule has 1 fully saturated rings. The van der Waals surface area contributed by atoms with Gasteiger partial charge in [-0.3, -0.25) is 14.4 Å². The molecule has 0 saturated carbocycles. The smallest absolute Gasteiger partial charge is 0.326 e. The molecule has 1 heterocycles. The molecule has 0 aliphatic carbocycles. The lowest BCUT2D eigenvalue weighted by molar-refractivity contribution is -0.144. The van der Waals surface area contributed by atoms with Crippen molar-refractivity contribution in [3.05, 3.63) is 0 Å². The topological polar surface area (TPSA) is 150 Å². The first-order valence-electron chi connectivity index (χ1n) is 8.44. The van der Waals surface area contributed by atoms with E-state index >= 15 is 0 Å². The number of hydrogen-bond donors (Lipinski definition) is 4. The molecular formula is C16H27N3O6. The zero-order chi connectivity index (χ0) is 19.1. The first-order chi connectivity index (χ1) is 11.6. The zero-order valence-corrected chi connectivity index (χ0v) is 14.6. The molecule has 0 radical (unpaired) electrons. The van der Waals surface area contributed by atoms with Gasteiger partial charge in [-0.1, -0.05) is 13.8 Å². The van der Waals surface area contributed by atoms with Crippen LogP contribution in [0.1, 0.15) is 46.0 Å². The van der Waals surface area contributed by atoms with E-state index in [9.17, 15) is 24.3 Å². The van der Waals surface area contributed by atoms with Crippen LogP contribution in [0.4, 0.5) is 0 Å². The summed E-state index contributed by atoms with van der Waals surface area (Å²) < 4.78 is 0. The Morgan fingerprint density at radius 1 is 1.24 bits per heavy atom. The number of amides is 2. The molecule has 9 heteroatoms. The second-order valence-electron chi connectivity index (χ2n) is 6.76. The Bertz CT molecular complexity index is 522. The van der Waals surface area contributed by atoms with Gasteiger partial charge in [0.25, 0.3) is 0 Å². The van der Waals surface area contributed by atoms with Crippen molar-refractivity contribution in [2.75, 3.05) is 6.54 Å². The maximum atomic E-state index is 12.4. The molecule has 1 aliphatic heterocycles. The fourth-order valence-corrected chi connectivity index (χ4v) is 2.88. The summed E-state index contributed by atoms with van der Waals surface area (Å²) in [5, 5.41) is 20.4. The van der Waals surface area contributed by atoms with E-state index in [4.69, 9.17) is 10.8 Å². The number of carboxylic acid groups (broad SMARTS) is 2. The summed E-state index contributed by atoms with van der Waals surface area (Å²) in [4.78, 5) is 48.0. The number of carbonyl (C=O) groups excluding carboxylic acids is 2. The minimum atomic E-state index is -1.11. The molecule has 0 bridgehead atoms. The highest BCUT2D eigenvalue weighted by Crippen LogP contribution is 2.20. The van der Waals surface area contributed by atoms with Gasteiger partial charge in [0.15, 0.2) is 0 Å². The summed E-state index contributed by atoms with van der Waals surface area (Å²) in [6.07, 6.45) is 1.09. The van der Waals surface area contributed by atoms with Gasteiger partial charge in [-0.05, 0) is 31.6 Å². The van der Waals surface area contributed by atoms with E-state index < -0.39 is 41.9 Å². The molecule has 1 rings (SSSR count). The van der Waals surface area contributed by atoms with Crippen molar-refractivity contribution in [3.63, 3.8) is 0 Å². The maximum Gasteiger partial charge on any atom is 0.326 e. The third-order valence-corrected chi connectivity index (χ3v) is 4.15. The van der Waals surface area contributed by atoms with E-state index in [1.807, 2.05) is 13.8 Å². The third kappa shape index (κ3) is 6.33. The molecule has 5 N–H and O–H groups in total. The number of rotatable bonds is 9. The Balaban J connectivity index is 2.72. The van der Waals surface area contributed by atoms with Crippen LogP contribution in [0.2, 0.25) is 0 Å². The van der Waals surface area contributed by atoms with E-state index in [2.05, 4.69) is 5.32 Å². The molecule has 0 aromatic rings. The Hall–Kier alpha value is -2.16. The lowest BCUT2D eigenvalue weighted by Crippen LogP contribution is -2.54. The van der Waals surface area contributed by atoms with Crippen LogP contribution in [0.25, 0.3) is 0 Å². The molecule has 25 heavy (non-hydrogen) atoms. The summed E-state index contributed by atoms with van der Waals surface area (Å²) in [6.45, 7) is 4.06. The monoisotopic (exact) mass is 357 g/mol. The van der Waals surface area contributed by atoms with Crippen LogP contribution in [0.15, 0.2) is 0 Å². The van der Waals surface area contributed by atoms with Crippen molar-refractivity contribution in [3.8, 4) is 0 Å². The first kappa shape index (κ1) is 20.9. The van der Waals surface area contributed by atoms with Crippen LogP contribution >= 0.6 is 0 Å². The molecule has 0 spiro atoms. The highest BCUT2D eigenvalue weighted by Gasteiger charge is 2.37. The highest BCUT2D eigenvalue weighted by molar-refractivity contribution is 5.92. The summed E-state index contributed by atoms with van der Waals surface area (Å²) in [5.41, 5.74) is 5.74. The number of hydrogen-bond acceptors (Lipinski definition) is 5. The fourth-order valence-electron chi connectivity index (χ4n) is 2.88. The first-order valence-corrected chi connectivity index (χ1v) is 8.44. The average molecular weight is 357 g/mol. The second kappa shape index (κ2) is 9.36. The fraction of sp³-hybridized carbons (Fsp3) is 0.750. The van der Waals surface area contributed by atoms with Gasteiger partial charge in [0.05, 0.1) is 6.04 Å². The molecule has 0 aromatic heterocycles. The van der Waals surface area contributed by atoms with Crippen LogP contribution in [0.3, 0.4) is 0 Å². The summed E-state index contributed by atoms with van der Waals surface area (Å²) in [6, 6.07) is -2.77. The number of nitrogens with zero attached hydrogens (tertiary/aromatic N) is 1. The van der Waals surface area contributed by atoms with Gasteiger partial charge in [0.1, 0.15) is 12.1 Å². The molecule has 3 atom stereocenters. The zero-order valence-electron chi connectivity index (χ0n) is 14.6. The molecule has 0 aromatic carbocycles. The summed E-state index contributed by atoms with van der Waals surface area (Å²) >= 11 is 0. The predicted octanol–water partition coefficient (Wildman–Crippen LogP) is -0.215. The SMILES string of the molecule is CC(C)CC(NC(=O)C1CCCN1C(=O)C(N)CCC(=O)O)C(=O)O. The van der Waals surface area contributed by atoms with Gasteiger partial charge in [0.2, 0.25) is 11.8 Å². The van der Waals surface area contributed by atoms with Crippen LogP contribution in [0.5, 0.6) is 0 Å². The largest absolute Gasteiger partial charge is 0.481 e. The maximum absolute atomic E-state index is 12.4. The Labute approximate surface area is 146 Å². The molecular weight excluding hydrogens is 330 g/mol. The van der Waals surface area contributed by atoms with E-state index in [0.29, 0.717) is 25.8 Å². The van der Waals surface area contributed by atoms with Crippen LogP contribution < -0.4 is 11.1 Å². The lowest BCUT2D eigenvalue weighted by Gasteiger charge is -2.28. The minimum Gasteiger partial charge on any atom is -0.481 e. The summed E-state index contributed by atoms with van der Waals surface area (Å²) in [7, 11) is 0. The van der Waals surface area contributed by atoms with Gasteiger partial charge >= 0.3 is 11.9 Å². The standard InChI is InChI=1S/C16H27N3O6/c1-9(2)8-11(16(24)25)18-14(22)12-4-3-7-19(12)15(23)10(17)5-6-13(20)21/h9-12H,3-8,17H2,1-2H3,(H,18,22)(H,20,21)(H,24,25). The van der Waals surface area contributed by atoms with Gasteiger partial charge in [-0.25, -0.2) is 4.79 Å². The highest BCUT2D eigenvalue weighted by atomic mass is 16.4. The normalized spacial score (nSPS) is 19.5. The van der Waals surface area contributed by atoms with Crippen molar-refractivity contribution in [2.45, 2.75) is 64.1 Å². The van der Waals surface area contributed by atoms with E-state index in [1.165, 1.54) is 4.90 Å². The lowest BCUT2D eigenvalue weighted by atomic mass is 10.0. The van der Waals surface area contributed by atoms with E-state index in [-0.39, 0.29) is 18.8 Å². The van der Waals surface area contributed by atoms with Crippen molar-refractivity contribution in [1.82, 2.24) is 10.2 Å². The van der Waals surface area contributed by atoms with Crippen molar-refractivity contribution < 1.29 is 29.4 Å². The van der Waals surface area contributed by atoms with Crippen molar-refractivity contribution in [1.29, 1.82) is 0 Å². The quantitative estimate of drug-likeness (QED) is 0.445. The molecule has 1 aliphatic rings. The number of aliphatic carboxylic acids is 2. The summed E-state index contributed by atoms with van der Waals surface area (Å²) in [5.74, 6) is -3.06. The van der Waals surface area contributed by atoms with E-state index in [1.54, 1.807) is 0 Å². The second-order valence-corrected chi connectivity index (χ2v) is 6.76. The number of carbonyl (C=O) groups is 4. The van der Waals surface area contributed by atoms with Crippen LogP contribution in [0, 0.1) is 5.92 Å². The minimum absolute atomic E-state index is 0.00982. The average Bonchev–Trinajstić information content (AvgIpc) is 3.00. The number of nitrogens with two attached hydrogens (primary N) is 1. The van der Waals surface area contributed by atoms with E-state index in [0.717, 1.165) is 0 Å². The molecule has 3 unspecified atom stereocenters. The van der Waals surface area contributed by atoms with Crippen LogP contribution in [-0.4, -0.2) is 63.5 Å². The van der Waals surface area contributed by atoms with Gasteiger partial charge < -0.3 is 26.2 Å². The van der Waals surface area contributed by atoms with Gasteiger partial charge in [-0.15, -0.1) is 0 Å². The molecule has 9 nitrogen and oxygen atoms in total. The number of nitrogens with one attached hydrogen (secondary N) is 1. The Morgan fingerprint density at radius 3 is 2.40 bits per heavy atom. The van der Waals surface area contributed by atoms with Gasteiger partial charge in [0, 0.05) is 13.0 Å². The Kier molecular flexibility index (Phi) is 7.82.